The number of aryl methyl sites for hydroxylation is 1. The Morgan fingerprint density at radius 3 is 2.85 bits per heavy atom. The first-order chi connectivity index (χ1) is 12.4. The van der Waals surface area contributed by atoms with Crippen molar-refractivity contribution >= 4 is 38.8 Å². The Balaban J connectivity index is 2.25. The predicted octanol–water partition coefficient (Wildman–Crippen LogP) is 0.812. The number of carbonyl (C=O) groups is 2. The van der Waals surface area contributed by atoms with Crippen LogP contribution in [0, 0.1) is 12.3 Å². The van der Waals surface area contributed by atoms with E-state index in [0.29, 0.717) is 18.3 Å². The van der Waals surface area contributed by atoms with E-state index in [1.54, 1.807) is 0 Å². The average molecular weight is 353 g/mol. The fourth-order valence-corrected chi connectivity index (χ4v) is 3.56. The van der Waals surface area contributed by atoms with E-state index >= 15 is 0 Å². The topological polar surface area (TPSA) is 86.7 Å². The molecule has 0 spiro atoms. The molecule has 0 bridgehead atoms. The molecule has 136 valence electrons. The van der Waals surface area contributed by atoms with Crippen LogP contribution in [0.4, 0.5) is 5.69 Å². The van der Waals surface area contributed by atoms with Crippen LogP contribution in [0.15, 0.2) is 17.2 Å². The van der Waals surface area contributed by atoms with E-state index in [1.165, 1.54) is 13.0 Å². The number of carbonyl (C=O) groups excluding carboxylic acids is 2. The van der Waals surface area contributed by atoms with Crippen LogP contribution >= 0.6 is 0 Å². The minimum Gasteiger partial charge on any atom is -0.397 e. The Hall–Kier alpha value is -2.15. The summed E-state index contributed by atoms with van der Waals surface area (Å²) in [5.41, 5.74) is 2.93. The number of hydrogen-bond acceptors (Lipinski definition) is 5. The Labute approximate surface area is 156 Å². The number of nitrogens with zero attached hydrogens (tertiary/aromatic N) is 3. The first kappa shape index (κ1) is 20.2. The third kappa shape index (κ3) is 5.17. The van der Waals surface area contributed by atoms with E-state index in [1.807, 2.05) is 13.1 Å². The number of rotatable bonds is 6. The highest BCUT2D eigenvalue weighted by Gasteiger charge is 2.35. The second-order valence-electron chi connectivity index (χ2n) is 7.30. The molecule has 1 saturated heterocycles. The molecule has 2 heterocycles. The van der Waals surface area contributed by atoms with Gasteiger partial charge in [0, 0.05) is 12.7 Å². The molecule has 1 unspecified atom stereocenters. The van der Waals surface area contributed by atoms with Crippen LogP contribution in [-0.4, -0.2) is 63.2 Å². The molecule has 1 aromatic rings. The summed E-state index contributed by atoms with van der Waals surface area (Å²) in [5.74, 6) is 0.692. The van der Waals surface area contributed by atoms with Crippen LogP contribution in [-0.2, 0) is 9.59 Å². The van der Waals surface area contributed by atoms with Gasteiger partial charge in [-0.15, -0.1) is 0 Å². The quantitative estimate of drug-likeness (QED) is 0.341. The highest BCUT2D eigenvalue weighted by molar-refractivity contribution is 6.69. The Morgan fingerprint density at radius 2 is 2.19 bits per heavy atom. The molecule has 2 radical (unpaired) electrons. The van der Waals surface area contributed by atoms with Crippen LogP contribution in [0.2, 0.25) is 0 Å². The summed E-state index contributed by atoms with van der Waals surface area (Å²) in [5, 5.41) is 5.84. The van der Waals surface area contributed by atoms with Gasteiger partial charge in [-0.25, -0.2) is 0 Å². The van der Waals surface area contributed by atoms with E-state index in [0.717, 1.165) is 38.3 Å². The van der Waals surface area contributed by atoms with Crippen LogP contribution in [0.1, 0.15) is 37.4 Å². The molecular formula is C17H25B2N5O2. The number of piperidine rings is 1. The lowest BCUT2D eigenvalue weighted by atomic mass is 9.71. The molecule has 1 aliphatic rings. The van der Waals surface area contributed by atoms with Crippen molar-refractivity contribution in [3.05, 3.63) is 23.5 Å². The molecule has 2 rings (SSSR count). The minimum absolute atomic E-state index is 0.146. The molecule has 2 N–H and O–H groups in total. The van der Waals surface area contributed by atoms with Crippen molar-refractivity contribution in [2.24, 2.45) is 10.3 Å². The maximum atomic E-state index is 10.6. The number of pyridine rings is 1. The van der Waals surface area contributed by atoms with Gasteiger partial charge in [0.05, 0.1) is 11.4 Å². The molecule has 1 fully saturated rings. The zero-order valence-electron chi connectivity index (χ0n) is 15.8. The lowest BCUT2D eigenvalue weighted by Crippen LogP contribution is -2.42. The minimum atomic E-state index is 0.146. The number of likely N-dealkylation sites (tertiary alicyclic amines) is 1. The molecule has 1 aliphatic heterocycles. The molecule has 0 amide bonds. The lowest BCUT2D eigenvalue weighted by molar-refractivity contribution is 0.114. The maximum absolute atomic E-state index is 10.6. The Morgan fingerprint density at radius 1 is 1.42 bits per heavy atom. The summed E-state index contributed by atoms with van der Waals surface area (Å²) in [6.45, 7) is 8.56. The maximum Gasteiger partial charge on any atom is 0.358 e. The first-order valence-electron chi connectivity index (χ1n) is 8.68. The number of anilines is 1. The van der Waals surface area contributed by atoms with E-state index < -0.39 is 0 Å². The van der Waals surface area contributed by atoms with E-state index in [4.69, 9.17) is 0 Å². The van der Waals surface area contributed by atoms with E-state index in [-0.39, 0.29) is 11.4 Å². The number of hydrogen-bond donors (Lipinski definition) is 2. The van der Waals surface area contributed by atoms with Crippen molar-refractivity contribution < 1.29 is 9.59 Å². The third-order valence-corrected chi connectivity index (χ3v) is 4.74. The van der Waals surface area contributed by atoms with Crippen LogP contribution in [0.5, 0.6) is 0 Å². The Kier molecular flexibility index (Phi) is 6.97. The van der Waals surface area contributed by atoms with Crippen LogP contribution < -0.4 is 10.5 Å². The molecule has 0 saturated carbocycles. The summed E-state index contributed by atoms with van der Waals surface area (Å²) < 4.78 is 0. The fourth-order valence-electron chi connectivity index (χ4n) is 3.56. The molecule has 9 heteroatoms. The summed E-state index contributed by atoms with van der Waals surface area (Å²) in [6, 6.07) is 2.08. The molecule has 26 heavy (non-hydrogen) atoms. The monoisotopic (exact) mass is 353 g/mol. The standard InChI is InChI=1S/C17H25B2N5O2/c1-12-15(21-16(22-18-10-25)23-19-11-26)7-13(8-20-12)14-5-6-24(4)9-17(14,2)3/h7-8,10-11,14H,5-6,9H2,1-4H3,(H2,21,22,23). The number of guanidine groups is 1. The second-order valence-corrected chi connectivity index (χ2v) is 7.30. The van der Waals surface area contributed by atoms with Gasteiger partial charge in [0.1, 0.15) is 12.4 Å². The normalized spacial score (nSPS) is 20.2. The first-order valence-corrected chi connectivity index (χ1v) is 8.68. The van der Waals surface area contributed by atoms with E-state index in [9.17, 15) is 9.59 Å². The van der Waals surface area contributed by atoms with Crippen molar-refractivity contribution in [1.29, 1.82) is 0 Å². The van der Waals surface area contributed by atoms with Crippen LogP contribution in [0.25, 0.3) is 0 Å². The number of nitrogens with one attached hydrogen (secondary N) is 2. The van der Waals surface area contributed by atoms with Crippen molar-refractivity contribution in [1.82, 2.24) is 15.1 Å². The zero-order chi connectivity index (χ0) is 19.2. The number of aromatic nitrogens is 1. The zero-order valence-corrected chi connectivity index (χ0v) is 15.8. The van der Waals surface area contributed by atoms with Crippen LogP contribution in [0.3, 0.4) is 0 Å². The summed E-state index contributed by atoms with van der Waals surface area (Å²) in [4.78, 5) is 32.0. The Bertz CT molecular complexity index is 681. The SMILES string of the molecule is Cc1ncc(C2CCN(C)CC2(C)C)cc1NC(=N[B]C=O)N[B]C=O. The second kappa shape index (κ2) is 8.98. The highest BCUT2D eigenvalue weighted by atomic mass is 16.1. The molecule has 0 aromatic carbocycles. The van der Waals surface area contributed by atoms with Crippen molar-refractivity contribution in [3.8, 4) is 0 Å². The average Bonchev–Trinajstić information content (AvgIpc) is 2.58. The van der Waals surface area contributed by atoms with Gasteiger partial charge < -0.3 is 29.9 Å². The van der Waals surface area contributed by atoms with Gasteiger partial charge in [0.2, 0.25) is 0 Å². The highest BCUT2D eigenvalue weighted by Crippen LogP contribution is 2.42. The predicted molar refractivity (Wildman–Crippen MR) is 107 cm³/mol. The van der Waals surface area contributed by atoms with E-state index in [2.05, 4.69) is 52.3 Å². The van der Waals surface area contributed by atoms with Gasteiger partial charge in [0.15, 0.2) is 5.96 Å². The molecule has 0 aliphatic carbocycles. The molecule has 1 atom stereocenters. The molecule has 1 aromatic heterocycles. The van der Waals surface area contributed by atoms with Gasteiger partial charge in [-0.1, -0.05) is 13.8 Å². The van der Waals surface area contributed by atoms with Gasteiger partial charge in [0.25, 0.3) is 0 Å². The third-order valence-electron chi connectivity index (χ3n) is 4.74. The largest absolute Gasteiger partial charge is 0.397 e. The van der Waals surface area contributed by atoms with Gasteiger partial charge in [-0.3, -0.25) is 4.98 Å². The smallest absolute Gasteiger partial charge is 0.358 e. The van der Waals surface area contributed by atoms with Gasteiger partial charge >= 0.3 is 14.8 Å². The summed E-state index contributed by atoms with van der Waals surface area (Å²) in [7, 11) is 4.47. The molecular weight excluding hydrogens is 328 g/mol. The fraction of sp³-hybridized carbons (Fsp3) is 0.529. The lowest BCUT2D eigenvalue weighted by Gasteiger charge is -2.43. The van der Waals surface area contributed by atoms with Crippen molar-refractivity contribution in [2.45, 2.75) is 33.1 Å². The van der Waals surface area contributed by atoms with Crippen molar-refractivity contribution in [2.75, 3.05) is 25.5 Å². The summed E-state index contributed by atoms with van der Waals surface area (Å²) in [6.07, 6.45) is 4.20. The van der Waals surface area contributed by atoms with Gasteiger partial charge in [-0.05, 0) is 49.9 Å². The van der Waals surface area contributed by atoms with Crippen molar-refractivity contribution in [3.63, 3.8) is 0 Å². The van der Waals surface area contributed by atoms with Gasteiger partial charge in [-0.2, -0.15) is 0 Å². The molecule has 7 nitrogen and oxygen atoms in total. The summed E-state index contributed by atoms with van der Waals surface area (Å²) >= 11 is 0.